The molecule has 0 radical (unpaired) electrons. The smallest absolute Gasteiger partial charge is 0.257 e. The minimum absolute atomic E-state index is 0.132. The summed E-state index contributed by atoms with van der Waals surface area (Å²) in [7, 11) is 0. The molecule has 29 heavy (non-hydrogen) atoms. The number of rotatable bonds is 6. The Morgan fingerprint density at radius 3 is 2.41 bits per heavy atom. The molecule has 4 rings (SSSR count). The predicted molar refractivity (Wildman–Crippen MR) is 117 cm³/mol. The Morgan fingerprint density at radius 2 is 1.59 bits per heavy atom. The number of carbonyl (C=O) groups is 1. The fourth-order valence-corrected chi connectivity index (χ4v) is 3.43. The third kappa shape index (κ3) is 5.22. The van der Waals surface area contributed by atoms with Crippen molar-refractivity contribution in [2.75, 3.05) is 36.9 Å². The Hall–Kier alpha value is -3.15. The van der Waals surface area contributed by atoms with Gasteiger partial charge in [0.15, 0.2) is 0 Å². The molecular formula is C24H25N3O2. The molecule has 3 aromatic carbocycles. The Balaban J connectivity index is 1.46. The van der Waals surface area contributed by atoms with Gasteiger partial charge in [0.2, 0.25) is 0 Å². The summed E-state index contributed by atoms with van der Waals surface area (Å²) in [5.41, 5.74) is 4.31. The molecule has 0 saturated carbocycles. The van der Waals surface area contributed by atoms with E-state index in [1.165, 1.54) is 5.56 Å². The average molecular weight is 387 g/mol. The summed E-state index contributed by atoms with van der Waals surface area (Å²) in [5, 5.41) is 6.37. The molecule has 0 aliphatic carbocycles. The number of anilines is 3. The molecule has 1 heterocycles. The van der Waals surface area contributed by atoms with Crippen molar-refractivity contribution in [3.8, 4) is 0 Å². The first-order valence-electron chi connectivity index (χ1n) is 9.89. The van der Waals surface area contributed by atoms with Crippen molar-refractivity contribution in [1.82, 2.24) is 4.90 Å². The number of carbonyl (C=O) groups excluding carboxylic acids is 1. The second kappa shape index (κ2) is 9.37. The van der Waals surface area contributed by atoms with Crippen molar-refractivity contribution in [2.24, 2.45) is 0 Å². The maximum absolute atomic E-state index is 12.9. The third-order valence-corrected chi connectivity index (χ3v) is 4.92. The topological polar surface area (TPSA) is 53.6 Å². The quantitative estimate of drug-likeness (QED) is 0.653. The van der Waals surface area contributed by atoms with Gasteiger partial charge in [0.05, 0.1) is 24.5 Å². The number of ether oxygens (including phenoxy) is 1. The number of nitrogens with one attached hydrogen (secondary N) is 2. The number of benzene rings is 3. The van der Waals surface area contributed by atoms with Crippen LogP contribution in [0.25, 0.3) is 0 Å². The van der Waals surface area contributed by atoms with Gasteiger partial charge in [-0.15, -0.1) is 0 Å². The maximum Gasteiger partial charge on any atom is 0.257 e. The SMILES string of the molecule is O=C(Nc1cccc(CN2CCOCC2)c1)c1ccccc1Nc1ccccc1. The van der Waals surface area contributed by atoms with Crippen LogP contribution in [0.5, 0.6) is 0 Å². The summed E-state index contributed by atoms with van der Waals surface area (Å²) in [6.07, 6.45) is 0. The number of hydrogen-bond acceptors (Lipinski definition) is 4. The molecule has 0 unspecified atom stereocenters. The van der Waals surface area contributed by atoms with Crippen LogP contribution in [0.1, 0.15) is 15.9 Å². The lowest BCUT2D eigenvalue weighted by Gasteiger charge is -2.26. The van der Waals surface area contributed by atoms with E-state index in [0.717, 1.165) is 49.9 Å². The van der Waals surface area contributed by atoms with Crippen LogP contribution in [0.3, 0.4) is 0 Å². The second-order valence-corrected chi connectivity index (χ2v) is 7.08. The third-order valence-electron chi connectivity index (χ3n) is 4.92. The molecule has 1 amide bonds. The lowest BCUT2D eigenvalue weighted by atomic mass is 10.1. The molecule has 0 spiro atoms. The van der Waals surface area contributed by atoms with Gasteiger partial charge in [0, 0.05) is 31.0 Å². The summed E-state index contributed by atoms with van der Waals surface area (Å²) < 4.78 is 5.41. The van der Waals surface area contributed by atoms with Crippen LogP contribution in [0, 0.1) is 0 Å². The van der Waals surface area contributed by atoms with E-state index in [2.05, 4.69) is 21.6 Å². The molecule has 3 aromatic rings. The fourth-order valence-electron chi connectivity index (χ4n) is 3.43. The van der Waals surface area contributed by atoms with Gasteiger partial charge in [0.1, 0.15) is 0 Å². The highest BCUT2D eigenvalue weighted by molar-refractivity contribution is 6.08. The van der Waals surface area contributed by atoms with Crippen LogP contribution in [0.15, 0.2) is 78.9 Å². The van der Waals surface area contributed by atoms with E-state index >= 15 is 0 Å². The standard InChI is InChI=1S/C24H25N3O2/c28-24(22-11-4-5-12-23(22)25-20-8-2-1-3-9-20)26-21-10-6-7-19(17-21)18-27-13-15-29-16-14-27/h1-12,17,25H,13-16,18H2,(H,26,28). The van der Waals surface area contributed by atoms with Gasteiger partial charge >= 0.3 is 0 Å². The predicted octanol–water partition coefficient (Wildman–Crippen LogP) is 4.51. The normalized spacial score (nSPS) is 14.3. The Bertz CT molecular complexity index is 953. The van der Waals surface area contributed by atoms with Gasteiger partial charge in [-0.2, -0.15) is 0 Å². The number of para-hydroxylation sites is 2. The molecule has 1 aliphatic rings. The van der Waals surface area contributed by atoms with E-state index in [4.69, 9.17) is 4.74 Å². The highest BCUT2D eigenvalue weighted by atomic mass is 16.5. The highest BCUT2D eigenvalue weighted by Gasteiger charge is 2.13. The minimum atomic E-state index is -0.132. The molecule has 1 aliphatic heterocycles. The van der Waals surface area contributed by atoms with E-state index in [-0.39, 0.29) is 5.91 Å². The summed E-state index contributed by atoms with van der Waals surface area (Å²) in [6.45, 7) is 4.30. The van der Waals surface area contributed by atoms with Gasteiger partial charge < -0.3 is 15.4 Å². The lowest BCUT2D eigenvalue weighted by Crippen LogP contribution is -2.35. The van der Waals surface area contributed by atoms with Gasteiger partial charge in [0.25, 0.3) is 5.91 Å². The van der Waals surface area contributed by atoms with Crippen LogP contribution < -0.4 is 10.6 Å². The number of hydrogen-bond donors (Lipinski definition) is 2. The van der Waals surface area contributed by atoms with Gasteiger partial charge in [-0.25, -0.2) is 0 Å². The first-order chi connectivity index (χ1) is 14.3. The summed E-state index contributed by atoms with van der Waals surface area (Å²) in [5.74, 6) is -0.132. The van der Waals surface area contributed by atoms with Crippen LogP contribution >= 0.6 is 0 Å². The lowest BCUT2D eigenvalue weighted by molar-refractivity contribution is 0.0342. The van der Waals surface area contributed by atoms with Gasteiger partial charge in [-0.3, -0.25) is 9.69 Å². The zero-order valence-corrected chi connectivity index (χ0v) is 16.3. The van der Waals surface area contributed by atoms with Gasteiger partial charge in [-0.05, 0) is 42.0 Å². The molecule has 5 nitrogen and oxygen atoms in total. The molecule has 1 fully saturated rings. The number of nitrogens with zero attached hydrogens (tertiary/aromatic N) is 1. The summed E-state index contributed by atoms with van der Waals surface area (Å²) in [4.78, 5) is 15.3. The van der Waals surface area contributed by atoms with Crippen molar-refractivity contribution in [3.63, 3.8) is 0 Å². The molecule has 2 N–H and O–H groups in total. The minimum Gasteiger partial charge on any atom is -0.379 e. The van der Waals surface area contributed by atoms with Crippen LogP contribution in [0.2, 0.25) is 0 Å². The van der Waals surface area contributed by atoms with Crippen molar-refractivity contribution in [2.45, 2.75) is 6.54 Å². The van der Waals surface area contributed by atoms with E-state index in [0.29, 0.717) is 5.56 Å². The van der Waals surface area contributed by atoms with Crippen molar-refractivity contribution < 1.29 is 9.53 Å². The average Bonchev–Trinajstić information content (AvgIpc) is 2.76. The second-order valence-electron chi connectivity index (χ2n) is 7.08. The van der Waals surface area contributed by atoms with Crippen LogP contribution in [-0.2, 0) is 11.3 Å². The van der Waals surface area contributed by atoms with Crippen molar-refractivity contribution >= 4 is 23.0 Å². The zero-order chi connectivity index (χ0) is 19.9. The number of morpholine rings is 1. The molecule has 1 saturated heterocycles. The first kappa shape index (κ1) is 19.2. The van der Waals surface area contributed by atoms with Crippen LogP contribution in [-0.4, -0.2) is 37.1 Å². The Morgan fingerprint density at radius 1 is 0.862 bits per heavy atom. The Kier molecular flexibility index (Phi) is 6.19. The zero-order valence-electron chi connectivity index (χ0n) is 16.3. The highest BCUT2D eigenvalue weighted by Crippen LogP contribution is 2.22. The molecule has 0 atom stereocenters. The fraction of sp³-hybridized carbons (Fsp3) is 0.208. The summed E-state index contributed by atoms with van der Waals surface area (Å²) >= 11 is 0. The van der Waals surface area contributed by atoms with E-state index < -0.39 is 0 Å². The van der Waals surface area contributed by atoms with Crippen LogP contribution in [0.4, 0.5) is 17.1 Å². The Labute approximate surface area is 171 Å². The summed E-state index contributed by atoms with van der Waals surface area (Å²) in [6, 6.07) is 25.4. The van der Waals surface area contributed by atoms with E-state index in [1.54, 1.807) is 0 Å². The first-order valence-corrected chi connectivity index (χ1v) is 9.89. The number of amides is 1. The molecular weight excluding hydrogens is 362 g/mol. The largest absolute Gasteiger partial charge is 0.379 e. The molecule has 0 bridgehead atoms. The molecule has 5 heteroatoms. The van der Waals surface area contributed by atoms with Crippen molar-refractivity contribution in [3.05, 3.63) is 90.0 Å². The van der Waals surface area contributed by atoms with E-state index in [9.17, 15) is 4.79 Å². The maximum atomic E-state index is 12.9. The van der Waals surface area contributed by atoms with Crippen molar-refractivity contribution in [1.29, 1.82) is 0 Å². The van der Waals surface area contributed by atoms with E-state index in [1.807, 2.05) is 72.8 Å². The molecule has 0 aromatic heterocycles. The molecule has 148 valence electrons. The van der Waals surface area contributed by atoms with Gasteiger partial charge in [-0.1, -0.05) is 42.5 Å². The monoisotopic (exact) mass is 387 g/mol.